The van der Waals surface area contributed by atoms with Gasteiger partial charge in [0, 0.05) is 16.7 Å². The van der Waals surface area contributed by atoms with E-state index in [1.54, 1.807) is 19.4 Å². The Morgan fingerprint density at radius 1 is 1.38 bits per heavy atom. The number of hydrogen-bond acceptors (Lipinski definition) is 7. The first kappa shape index (κ1) is 14.7. The summed E-state index contributed by atoms with van der Waals surface area (Å²) < 4.78 is 10.6. The topological polar surface area (TPSA) is 93.9 Å². The molecule has 0 saturated carbocycles. The highest BCUT2D eigenvalue weighted by molar-refractivity contribution is 7.98. The molecular weight excluding hydrogens is 328 g/mol. The van der Waals surface area contributed by atoms with Crippen molar-refractivity contribution >= 4 is 33.9 Å². The molecule has 0 bridgehead atoms. The predicted molar refractivity (Wildman–Crippen MR) is 90.3 cm³/mol. The third-order valence-corrected chi connectivity index (χ3v) is 4.44. The largest absolute Gasteiger partial charge is 0.493 e. The summed E-state index contributed by atoms with van der Waals surface area (Å²) in [5, 5.41) is 1.50. The molecule has 0 saturated heterocycles. The van der Waals surface area contributed by atoms with E-state index in [1.807, 2.05) is 18.2 Å². The number of hydrogen-bond donors (Lipinski definition) is 1. The highest BCUT2D eigenvalue weighted by atomic mass is 32.2. The van der Waals surface area contributed by atoms with Crippen molar-refractivity contribution in [1.29, 1.82) is 0 Å². The van der Waals surface area contributed by atoms with Crippen LogP contribution in [0.15, 0.2) is 51.2 Å². The van der Waals surface area contributed by atoms with Crippen LogP contribution >= 0.6 is 11.8 Å². The molecule has 24 heavy (non-hydrogen) atoms. The van der Waals surface area contributed by atoms with Crippen LogP contribution in [-0.2, 0) is 5.75 Å². The molecule has 3 heterocycles. The Bertz CT molecular complexity index is 1060. The number of benzene rings is 1. The minimum atomic E-state index is -0.379. The fraction of sp³-hybridized carbons (Fsp3) is 0.125. The first-order valence-corrected chi connectivity index (χ1v) is 8.11. The van der Waals surface area contributed by atoms with Crippen molar-refractivity contribution < 1.29 is 9.15 Å². The number of nitrogens with one attached hydrogen (secondary N) is 1. The van der Waals surface area contributed by atoms with Gasteiger partial charge in [0.25, 0.3) is 0 Å². The molecule has 0 aliphatic heterocycles. The first-order chi connectivity index (χ1) is 11.7. The fourth-order valence-electron chi connectivity index (χ4n) is 2.38. The molecule has 4 rings (SSSR count). The van der Waals surface area contributed by atoms with Gasteiger partial charge in [-0.2, -0.15) is 0 Å². The molecule has 0 spiro atoms. The van der Waals surface area contributed by atoms with E-state index in [1.165, 1.54) is 18.1 Å². The predicted octanol–water partition coefficient (Wildman–Crippen LogP) is 2.76. The third-order valence-electron chi connectivity index (χ3n) is 3.52. The van der Waals surface area contributed by atoms with Gasteiger partial charge in [0.15, 0.2) is 22.1 Å². The Balaban J connectivity index is 1.64. The highest BCUT2D eigenvalue weighted by Gasteiger charge is 2.11. The normalized spacial score (nSPS) is 11.2. The summed E-state index contributed by atoms with van der Waals surface area (Å²) in [7, 11) is 1.54. The number of methoxy groups -OCH3 is 1. The zero-order valence-electron chi connectivity index (χ0n) is 12.6. The number of thioether (sulfide) groups is 1. The van der Waals surface area contributed by atoms with Crippen molar-refractivity contribution in [1.82, 2.24) is 19.9 Å². The second-order valence-corrected chi connectivity index (χ2v) is 5.99. The number of aromatic nitrogens is 4. The van der Waals surface area contributed by atoms with Gasteiger partial charge in [-0.05, 0) is 12.1 Å². The summed E-state index contributed by atoms with van der Waals surface area (Å²) in [6.45, 7) is 0. The third kappa shape index (κ3) is 2.61. The summed E-state index contributed by atoms with van der Waals surface area (Å²) in [4.78, 5) is 27.7. The number of nitrogens with zero attached hydrogens (tertiary/aromatic N) is 3. The van der Waals surface area contributed by atoms with E-state index in [2.05, 4.69) is 19.9 Å². The number of ether oxygens (including phenoxy) is 1. The molecule has 0 amide bonds. The van der Waals surface area contributed by atoms with Crippen LogP contribution in [0.2, 0.25) is 0 Å². The van der Waals surface area contributed by atoms with Crippen molar-refractivity contribution in [2.45, 2.75) is 10.9 Å². The van der Waals surface area contributed by atoms with E-state index in [0.29, 0.717) is 33.5 Å². The number of H-pyrrole nitrogens is 1. The zero-order valence-corrected chi connectivity index (χ0v) is 13.5. The van der Waals surface area contributed by atoms with E-state index < -0.39 is 0 Å². The minimum Gasteiger partial charge on any atom is -0.493 e. The molecule has 0 atom stereocenters. The monoisotopic (exact) mass is 340 g/mol. The molecule has 3 aromatic heterocycles. The van der Waals surface area contributed by atoms with Gasteiger partial charge in [-0.25, -0.2) is 19.7 Å². The number of para-hydroxylation sites is 1. The number of imidazole rings is 1. The van der Waals surface area contributed by atoms with E-state index >= 15 is 0 Å². The lowest BCUT2D eigenvalue weighted by molar-refractivity contribution is 0.406. The SMILES string of the molecule is COc1cccc2cc(CSc3nc4ncncc4[nH]3)c(=O)oc12. The summed E-state index contributed by atoms with van der Waals surface area (Å²) in [5.41, 5.74) is 2.00. The van der Waals surface area contributed by atoms with E-state index in [0.717, 1.165) is 10.9 Å². The Labute approximate surface area is 140 Å². The van der Waals surface area contributed by atoms with Gasteiger partial charge < -0.3 is 14.1 Å². The molecule has 120 valence electrons. The van der Waals surface area contributed by atoms with Crippen LogP contribution in [0.5, 0.6) is 5.75 Å². The smallest absolute Gasteiger partial charge is 0.340 e. The Morgan fingerprint density at radius 3 is 3.12 bits per heavy atom. The summed E-state index contributed by atoms with van der Waals surface area (Å²) in [5.74, 6) is 0.975. The summed E-state index contributed by atoms with van der Waals surface area (Å²) in [6.07, 6.45) is 3.11. The van der Waals surface area contributed by atoms with Gasteiger partial charge >= 0.3 is 5.63 Å². The minimum absolute atomic E-state index is 0.379. The van der Waals surface area contributed by atoms with Crippen molar-refractivity contribution in [3.05, 3.63) is 52.8 Å². The molecular formula is C16H12N4O3S. The molecule has 0 fully saturated rings. The number of fused-ring (bicyclic) bond motifs is 2. The quantitative estimate of drug-likeness (QED) is 0.451. The molecule has 7 nitrogen and oxygen atoms in total. The summed E-state index contributed by atoms with van der Waals surface area (Å²) in [6, 6.07) is 7.32. The molecule has 0 aliphatic rings. The second-order valence-electron chi connectivity index (χ2n) is 5.03. The maximum Gasteiger partial charge on any atom is 0.340 e. The van der Waals surface area contributed by atoms with Gasteiger partial charge in [-0.1, -0.05) is 23.9 Å². The van der Waals surface area contributed by atoms with E-state index in [4.69, 9.17) is 9.15 Å². The molecule has 0 unspecified atom stereocenters. The van der Waals surface area contributed by atoms with Crippen molar-refractivity contribution in [3.63, 3.8) is 0 Å². The van der Waals surface area contributed by atoms with Crippen molar-refractivity contribution in [3.8, 4) is 5.75 Å². The standard InChI is InChI=1S/C16H12N4O3S/c1-22-12-4-2-3-9-5-10(15(21)23-13(9)12)7-24-16-19-11-6-17-8-18-14(11)20-16/h2-6,8H,7H2,1H3,(H,17,18,19,20). The van der Waals surface area contributed by atoms with Crippen molar-refractivity contribution in [2.24, 2.45) is 0 Å². The van der Waals surface area contributed by atoms with E-state index in [-0.39, 0.29) is 5.63 Å². The fourth-order valence-corrected chi connectivity index (χ4v) is 3.20. The van der Waals surface area contributed by atoms with E-state index in [9.17, 15) is 4.79 Å². The maximum atomic E-state index is 12.2. The lowest BCUT2D eigenvalue weighted by Crippen LogP contribution is -2.06. The van der Waals surface area contributed by atoms with Crippen LogP contribution in [0.25, 0.3) is 22.1 Å². The van der Waals surface area contributed by atoms with Crippen LogP contribution in [-0.4, -0.2) is 27.0 Å². The average molecular weight is 340 g/mol. The highest BCUT2D eigenvalue weighted by Crippen LogP contribution is 2.26. The zero-order chi connectivity index (χ0) is 16.5. The van der Waals surface area contributed by atoms with Crippen LogP contribution in [0, 0.1) is 0 Å². The van der Waals surface area contributed by atoms with Crippen molar-refractivity contribution in [2.75, 3.05) is 7.11 Å². The maximum absolute atomic E-state index is 12.2. The molecule has 4 aromatic rings. The molecule has 0 radical (unpaired) electrons. The van der Waals surface area contributed by atoms with Gasteiger partial charge in [0.1, 0.15) is 11.8 Å². The van der Waals surface area contributed by atoms with Crippen LogP contribution in [0.3, 0.4) is 0 Å². The van der Waals surface area contributed by atoms with Crippen LogP contribution < -0.4 is 10.4 Å². The molecule has 1 N–H and O–H groups in total. The number of aromatic amines is 1. The van der Waals surface area contributed by atoms with Gasteiger partial charge in [0.05, 0.1) is 13.3 Å². The van der Waals surface area contributed by atoms with Crippen LogP contribution in [0.1, 0.15) is 5.56 Å². The first-order valence-electron chi connectivity index (χ1n) is 7.13. The lowest BCUT2D eigenvalue weighted by atomic mass is 10.2. The lowest BCUT2D eigenvalue weighted by Gasteiger charge is -2.05. The van der Waals surface area contributed by atoms with Gasteiger partial charge in [0.2, 0.25) is 0 Å². The Hall–Kier alpha value is -2.87. The summed E-state index contributed by atoms with van der Waals surface area (Å²) >= 11 is 1.41. The molecule has 8 heteroatoms. The van der Waals surface area contributed by atoms with Crippen LogP contribution in [0.4, 0.5) is 0 Å². The molecule has 1 aromatic carbocycles. The number of rotatable bonds is 4. The molecule has 0 aliphatic carbocycles. The van der Waals surface area contributed by atoms with Gasteiger partial charge in [-0.15, -0.1) is 0 Å². The Morgan fingerprint density at radius 2 is 2.29 bits per heavy atom. The average Bonchev–Trinajstić information content (AvgIpc) is 3.02. The Kier molecular flexibility index (Phi) is 3.66. The second kappa shape index (κ2) is 5.97. The van der Waals surface area contributed by atoms with Gasteiger partial charge in [-0.3, -0.25) is 0 Å².